The molecule has 0 radical (unpaired) electrons. The van der Waals surface area contributed by atoms with Gasteiger partial charge in [-0.05, 0) is 37.0 Å². The SMILES string of the molecule is Cc1cc(CN(CC(=O)O)C2CCCC2)ccc1F. The molecule has 0 saturated heterocycles. The lowest BCUT2D eigenvalue weighted by atomic mass is 10.1. The highest BCUT2D eigenvalue weighted by Crippen LogP contribution is 2.25. The number of carboxylic acid groups (broad SMARTS) is 1. The number of benzene rings is 1. The van der Waals surface area contributed by atoms with Crippen LogP contribution in [0, 0.1) is 12.7 Å². The van der Waals surface area contributed by atoms with Crippen LogP contribution in [0.2, 0.25) is 0 Å². The average molecular weight is 265 g/mol. The van der Waals surface area contributed by atoms with E-state index in [0.29, 0.717) is 18.2 Å². The van der Waals surface area contributed by atoms with Crippen molar-refractivity contribution in [2.24, 2.45) is 0 Å². The van der Waals surface area contributed by atoms with Gasteiger partial charge in [-0.3, -0.25) is 9.69 Å². The molecule has 1 fully saturated rings. The molecule has 2 rings (SSSR count). The molecule has 1 N–H and O–H groups in total. The van der Waals surface area contributed by atoms with Crippen LogP contribution in [-0.4, -0.2) is 28.6 Å². The summed E-state index contributed by atoms with van der Waals surface area (Å²) < 4.78 is 13.2. The third kappa shape index (κ3) is 3.77. The van der Waals surface area contributed by atoms with Crippen molar-refractivity contribution in [2.75, 3.05) is 6.54 Å². The van der Waals surface area contributed by atoms with Gasteiger partial charge in [0.15, 0.2) is 0 Å². The Morgan fingerprint density at radius 3 is 2.68 bits per heavy atom. The van der Waals surface area contributed by atoms with Crippen LogP contribution >= 0.6 is 0 Å². The van der Waals surface area contributed by atoms with Crippen molar-refractivity contribution in [3.8, 4) is 0 Å². The van der Waals surface area contributed by atoms with Crippen LogP contribution in [0.15, 0.2) is 18.2 Å². The van der Waals surface area contributed by atoms with E-state index < -0.39 is 5.97 Å². The Balaban J connectivity index is 2.09. The minimum atomic E-state index is -0.800. The minimum absolute atomic E-state index is 0.0566. The predicted molar refractivity (Wildman–Crippen MR) is 71.4 cm³/mol. The van der Waals surface area contributed by atoms with Gasteiger partial charge in [-0.15, -0.1) is 0 Å². The number of carboxylic acids is 1. The molecule has 0 aliphatic heterocycles. The second-order valence-electron chi connectivity index (χ2n) is 5.32. The van der Waals surface area contributed by atoms with Gasteiger partial charge in [-0.1, -0.05) is 25.0 Å². The average Bonchev–Trinajstić information content (AvgIpc) is 2.86. The number of aryl methyl sites for hydroxylation is 1. The normalized spacial score (nSPS) is 16.2. The zero-order valence-corrected chi connectivity index (χ0v) is 11.2. The lowest BCUT2D eigenvalue weighted by Crippen LogP contribution is -2.37. The van der Waals surface area contributed by atoms with Crippen LogP contribution in [-0.2, 0) is 11.3 Å². The van der Waals surface area contributed by atoms with Crippen LogP contribution in [0.5, 0.6) is 0 Å². The molecule has 1 aromatic carbocycles. The van der Waals surface area contributed by atoms with Crippen LogP contribution < -0.4 is 0 Å². The summed E-state index contributed by atoms with van der Waals surface area (Å²) in [7, 11) is 0. The lowest BCUT2D eigenvalue weighted by Gasteiger charge is -2.27. The molecule has 0 heterocycles. The first-order valence-corrected chi connectivity index (χ1v) is 6.77. The molecule has 0 unspecified atom stereocenters. The molecule has 3 nitrogen and oxygen atoms in total. The first-order valence-electron chi connectivity index (χ1n) is 6.77. The van der Waals surface area contributed by atoms with Crippen molar-refractivity contribution >= 4 is 5.97 Å². The Labute approximate surface area is 113 Å². The maximum Gasteiger partial charge on any atom is 0.317 e. The lowest BCUT2D eigenvalue weighted by molar-refractivity contribution is -0.139. The summed E-state index contributed by atoms with van der Waals surface area (Å²) in [6.45, 7) is 2.37. The summed E-state index contributed by atoms with van der Waals surface area (Å²) in [6, 6.07) is 5.35. The van der Waals surface area contributed by atoms with E-state index in [4.69, 9.17) is 5.11 Å². The second kappa shape index (κ2) is 6.15. The first-order chi connectivity index (χ1) is 9.06. The van der Waals surface area contributed by atoms with E-state index in [-0.39, 0.29) is 12.4 Å². The fourth-order valence-corrected chi connectivity index (χ4v) is 2.80. The first kappa shape index (κ1) is 14.0. The van der Waals surface area contributed by atoms with E-state index in [1.807, 2.05) is 4.90 Å². The molecule has 4 heteroatoms. The van der Waals surface area contributed by atoms with Crippen LogP contribution in [0.3, 0.4) is 0 Å². The van der Waals surface area contributed by atoms with E-state index in [0.717, 1.165) is 18.4 Å². The fourth-order valence-electron chi connectivity index (χ4n) is 2.80. The van der Waals surface area contributed by atoms with E-state index in [1.54, 1.807) is 19.1 Å². The molecular weight excluding hydrogens is 245 g/mol. The molecule has 0 aromatic heterocycles. The van der Waals surface area contributed by atoms with Crippen molar-refractivity contribution in [1.82, 2.24) is 4.90 Å². The smallest absolute Gasteiger partial charge is 0.317 e. The molecule has 1 aromatic rings. The summed E-state index contributed by atoms with van der Waals surface area (Å²) in [4.78, 5) is 13.0. The van der Waals surface area contributed by atoms with Crippen molar-refractivity contribution < 1.29 is 14.3 Å². The maximum atomic E-state index is 13.2. The summed E-state index contributed by atoms with van der Waals surface area (Å²) in [5, 5.41) is 9.02. The van der Waals surface area contributed by atoms with Crippen molar-refractivity contribution in [3.63, 3.8) is 0 Å². The molecule has 1 aliphatic rings. The number of hydrogen-bond acceptors (Lipinski definition) is 2. The van der Waals surface area contributed by atoms with Crippen LogP contribution in [0.1, 0.15) is 36.8 Å². The van der Waals surface area contributed by atoms with Crippen molar-refractivity contribution in [1.29, 1.82) is 0 Å². The van der Waals surface area contributed by atoms with E-state index >= 15 is 0 Å². The third-order valence-corrected chi connectivity index (χ3v) is 3.79. The summed E-state index contributed by atoms with van der Waals surface area (Å²) >= 11 is 0. The monoisotopic (exact) mass is 265 g/mol. The molecular formula is C15H20FNO2. The quantitative estimate of drug-likeness (QED) is 0.889. The van der Waals surface area contributed by atoms with E-state index in [1.165, 1.54) is 18.9 Å². The predicted octanol–water partition coefficient (Wildman–Crippen LogP) is 2.96. The van der Waals surface area contributed by atoms with Gasteiger partial charge in [0.1, 0.15) is 5.82 Å². The van der Waals surface area contributed by atoms with Crippen molar-refractivity contribution in [3.05, 3.63) is 35.1 Å². The summed E-state index contributed by atoms with van der Waals surface area (Å²) in [6.07, 6.45) is 4.47. The summed E-state index contributed by atoms with van der Waals surface area (Å²) in [5.74, 6) is -1.01. The van der Waals surface area contributed by atoms with Gasteiger partial charge >= 0.3 is 5.97 Å². The Morgan fingerprint density at radius 1 is 1.42 bits per heavy atom. The highest BCUT2D eigenvalue weighted by Gasteiger charge is 2.24. The molecule has 1 aliphatic carbocycles. The number of nitrogens with zero attached hydrogens (tertiary/aromatic N) is 1. The Kier molecular flexibility index (Phi) is 4.53. The molecule has 0 spiro atoms. The van der Waals surface area contributed by atoms with Gasteiger partial charge in [-0.2, -0.15) is 0 Å². The zero-order valence-electron chi connectivity index (χ0n) is 11.2. The number of hydrogen-bond donors (Lipinski definition) is 1. The molecule has 0 amide bonds. The number of aliphatic carboxylic acids is 1. The molecule has 1 saturated carbocycles. The van der Waals surface area contributed by atoms with Gasteiger partial charge in [0.2, 0.25) is 0 Å². The van der Waals surface area contributed by atoms with E-state index in [2.05, 4.69) is 0 Å². The van der Waals surface area contributed by atoms with Crippen LogP contribution in [0.4, 0.5) is 4.39 Å². The van der Waals surface area contributed by atoms with Gasteiger partial charge in [0.05, 0.1) is 6.54 Å². The Morgan fingerprint density at radius 2 is 2.11 bits per heavy atom. The molecule has 104 valence electrons. The number of rotatable bonds is 5. The molecule has 19 heavy (non-hydrogen) atoms. The largest absolute Gasteiger partial charge is 0.480 e. The van der Waals surface area contributed by atoms with Crippen LogP contribution in [0.25, 0.3) is 0 Å². The number of halogens is 1. The Bertz CT molecular complexity index is 455. The van der Waals surface area contributed by atoms with E-state index in [9.17, 15) is 9.18 Å². The second-order valence-corrected chi connectivity index (χ2v) is 5.32. The van der Waals surface area contributed by atoms with Gasteiger partial charge in [0.25, 0.3) is 0 Å². The zero-order chi connectivity index (χ0) is 13.8. The third-order valence-electron chi connectivity index (χ3n) is 3.79. The van der Waals surface area contributed by atoms with Gasteiger partial charge < -0.3 is 5.11 Å². The maximum absolute atomic E-state index is 13.2. The standard InChI is InChI=1S/C15H20FNO2/c1-11-8-12(6-7-14(11)16)9-17(10-15(18)19)13-4-2-3-5-13/h6-8,13H,2-5,9-10H2,1H3,(H,18,19). The number of carbonyl (C=O) groups is 1. The minimum Gasteiger partial charge on any atom is -0.480 e. The van der Waals surface area contributed by atoms with Gasteiger partial charge in [0, 0.05) is 12.6 Å². The topological polar surface area (TPSA) is 40.5 Å². The summed E-state index contributed by atoms with van der Waals surface area (Å²) in [5.41, 5.74) is 1.59. The van der Waals surface area contributed by atoms with Gasteiger partial charge in [-0.25, -0.2) is 4.39 Å². The van der Waals surface area contributed by atoms with Crippen molar-refractivity contribution in [2.45, 2.75) is 45.2 Å². The highest BCUT2D eigenvalue weighted by molar-refractivity contribution is 5.69. The molecule has 0 bridgehead atoms. The fraction of sp³-hybridized carbons (Fsp3) is 0.533. The molecule has 0 atom stereocenters. The Hall–Kier alpha value is -1.42. The highest BCUT2D eigenvalue weighted by atomic mass is 19.1.